The van der Waals surface area contributed by atoms with E-state index in [0.29, 0.717) is 19.6 Å². The van der Waals surface area contributed by atoms with Crippen LogP contribution in [0.2, 0.25) is 0 Å². The van der Waals surface area contributed by atoms with Gasteiger partial charge in [-0.1, -0.05) is 18.2 Å². The summed E-state index contributed by atoms with van der Waals surface area (Å²) in [5.74, 6) is 0.783. The van der Waals surface area contributed by atoms with Crippen LogP contribution in [0, 0.1) is 0 Å². The summed E-state index contributed by atoms with van der Waals surface area (Å²) < 4.78 is 38.6. The van der Waals surface area contributed by atoms with E-state index < -0.39 is 10.0 Å². The Hall–Kier alpha value is -2.00. The van der Waals surface area contributed by atoms with E-state index in [0.717, 1.165) is 23.4 Å². The summed E-state index contributed by atoms with van der Waals surface area (Å²) in [6, 6.07) is 11.3. The van der Waals surface area contributed by atoms with E-state index in [4.69, 9.17) is 9.47 Å². The third-order valence-electron chi connectivity index (χ3n) is 5.34. The van der Waals surface area contributed by atoms with Gasteiger partial charge < -0.3 is 9.47 Å². The molecule has 2 aromatic rings. The van der Waals surface area contributed by atoms with Gasteiger partial charge in [-0.15, -0.1) is 0 Å². The number of benzene rings is 1. The second kappa shape index (κ2) is 8.16. The summed E-state index contributed by atoms with van der Waals surface area (Å²) in [5.41, 5.74) is 2.05. The smallest absolute Gasteiger partial charge is 0.217 e. The quantitative estimate of drug-likeness (QED) is 0.754. The Morgan fingerprint density at radius 1 is 1.14 bits per heavy atom. The molecule has 0 unspecified atom stereocenters. The lowest BCUT2D eigenvalue weighted by atomic mass is 10.1. The Balaban J connectivity index is 1.54. The Morgan fingerprint density at radius 3 is 2.68 bits per heavy atom. The van der Waals surface area contributed by atoms with Gasteiger partial charge in [-0.2, -0.15) is 4.31 Å². The number of hydrogen-bond acceptors (Lipinski definition) is 6. The average molecular weight is 404 g/mol. The van der Waals surface area contributed by atoms with E-state index in [2.05, 4.69) is 9.88 Å². The first-order valence-corrected chi connectivity index (χ1v) is 11.0. The van der Waals surface area contributed by atoms with Gasteiger partial charge in [-0.25, -0.2) is 8.42 Å². The largest absolute Gasteiger partial charge is 0.497 e. The molecule has 2 fully saturated rings. The molecule has 1 aromatic carbocycles. The molecule has 7 nitrogen and oxygen atoms in total. The van der Waals surface area contributed by atoms with Crippen molar-refractivity contribution in [2.24, 2.45) is 0 Å². The van der Waals surface area contributed by atoms with Crippen LogP contribution >= 0.6 is 0 Å². The van der Waals surface area contributed by atoms with E-state index >= 15 is 0 Å². The number of nitrogens with zero attached hydrogens (tertiary/aromatic N) is 3. The lowest BCUT2D eigenvalue weighted by Crippen LogP contribution is -2.45. The van der Waals surface area contributed by atoms with Crippen LogP contribution in [0.3, 0.4) is 0 Å². The molecule has 0 radical (unpaired) electrons. The summed E-state index contributed by atoms with van der Waals surface area (Å²) in [5, 5.41) is 0. The van der Waals surface area contributed by atoms with Crippen molar-refractivity contribution in [2.45, 2.75) is 25.2 Å². The zero-order chi connectivity index (χ0) is 19.6. The molecule has 28 heavy (non-hydrogen) atoms. The number of aromatic nitrogens is 1. The number of methoxy groups -OCH3 is 1. The van der Waals surface area contributed by atoms with Crippen LogP contribution in [-0.2, 0) is 27.8 Å². The Kier molecular flexibility index (Phi) is 5.63. The summed E-state index contributed by atoms with van der Waals surface area (Å²) in [6.45, 7) is 2.69. The Labute approximate surface area is 165 Å². The lowest BCUT2D eigenvalue weighted by molar-refractivity contribution is 0.0458. The van der Waals surface area contributed by atoms with Gasteiger partial charge >= 0.3 is 0 Å². The summed E-state index contributed by atoms with van der Waals surface area (Å²) in [6.07, 6.45) is 3.48. The predicted octanol–water partition coefficient (Wildman–Crippen LogP) is 1.51. The third kappa shape index (κ3) is 4.20. The van der Waals surface area contributed by atoms with Crippen LogP contribution in [0.5, 0.6) is 5.75 Å². The molecule has 8 heteroatoms. The molecule has 0 amide bonds. The zero-order valence-corrected chi connectivity index (χ0v) is 16.7. The first-order chi connectivity index (χ1) is 13.5. The molecule has 3 heterocycles. The maximum absolute atomic E-state index is 12.9. The van der Waals surface area contributed by atoms with Crippen LogP contribution in [0.15, 0.2) is 48.8 Å². The molecule has 0 N–H and O–H groups in total. The topological polar surface area (TPSA) is 72.0 Å². The molecule has 2 saturated heterocycles. The number of fused-ring (bicyclic) bond motifs is 1. The molecule has 0 spiro atoms. The normalized spacial score (nSPS) is 25.2. The molecule has 0 aliphatic carbocycles. The Morgan fingerprint density at radius 2 is 1.96 bits per heavy atom. The maximum Gasteiger partial charge on any atom is 0.217 e. The second-order valence-electron chi connectivity index (χ2n) is 7.24. The summed E-state index contributed by atoms with van der Waals surface area (Å²) >= 11 is 0. The highest BCUT2D eigenvalue weighted by atomic mass is 32.2. The first-order valence-electron chi connectivity index (χ1n) is 9.40. The van der Waals surface area contributed by atoms with Crippen molar-refractivity contribution in [3.63, 3.8) is 0 Å². The summed E-state index contributed by atoms with van der Waals surface area (Å²) in [4.78, 5) is 6.41. The van der Waals surface area contributed by atoms with Crippen molar-refractivity contribution in [1.29, 1.82) is 0 Å². The van der Waals surface area contributed by atoms with Crippen molar-refractivity contribution in [3.8, 4) is 5.75 Å². The SMILES string of the molecule is COc1ccc(CN2[C@@H]3CN(Cc4cccnc4)C[C@@H]3OCCS2(=O)=O)cc1. The number of likely N-dealkylation sites (tertiary alicyclic amines) is 1. The first kappa shape index (κ1) is 19.3. The molecule has 2 atom stereocenters. The van der Waals surface area contributed by atoms with Gasteiger partial charge in [0.2, 0.25) is 10.0 Å². The fraction of sp³-hybridized carbons (Fsp3) is 0.450. The van der Waals surface area contributed by atoms with Gasteiger partial charge in [-0.3, -0.25) is 9.88 Å². The molecule has 2 aliphatic heterocycles. The van der Waals surface area contributed by atoms with Gasteiger partial charge in [0.05, 0.1) is 31.6 Å². The van der Waals surface area contributed by atoms with E-state index in [1.165, 1.54) is 0 Å². The molecular weight excluding hydrogens is 378 g/mol. The average Bonchev–Trinajstić information content (AvgIpc) is 3.04. The van der Waals surface area contributed by atoms with Crippen molar-refractivity contribution in [1.82, 2.24) is 14.2 Å². The monoisotopic (exact) mass is 403 g/mol. The molecular formula is C20H25N3O4S. The van der Waals surface area contributed by atoms with Crippen LogP contribution in [-0.4, -0.2) is 67.3 Å². The van der Waals surface area contributed by atoms with E-state index in [-0.39, 0.29) is 24.5 Å². The Bertz CT molecular complexity index is 889. The minimum absolute atomic E-state index is 0.0265. The number of ether oxygens (including phenoxy) is 2. The van der Waals surface area contributed by atoms with Gasteiger partial charge in [-0.05, 0) is 29.3 Å². The third-order valence-corrected chi connectivity index (χ3v) is 7.14. The van der Waals surface area contributed by atoms with E-state index in [1.54, 1.807) is 17.6 Å². The van der Waals surface area contributed by atoms with Crippen molar-refractivity contribution < 1.29 is 17.9 Å². The number of pyridine rings is 1. The summed E-state index contributed by atoms with van der Waals surface area (Å²) in [7, 11) is -1.77. The van der Waals surface area contributed by atoms with Crippen LogP contribution in [0.4, 0.5) is 0 Å². The van der Waals surface area contributed by atoms with Gasteiger partial charge in [0, 0.05) is 38.6 Å². The van der Waals surface area contributed by atoms with Crippen LogP contribution in [0.1, 0.15) is 11.1 Å². The molecule has 4 rings (SSSR count). The molecule has 0 bridgehead atoms. The number of sulfonamides is 1. The van der Waals surface area contributed by atoms with Crippen LogP contribution in [0.25, 0.3) is 0 Å². The predicted molar refractivity (Wildman–Crippen MR) is 105 cm³/mol. The van der Waals surface area contributed by atoms with E-state index in [9.17, 15) is 8.42 Å². The van der Waals surface area contributed by atoms with E-state index in [1.807, 2.05) is 42.6 Å². The van der Waals surface area contributed by atoms with Crippen molar-refractivity contribution >= 4 is 10.0 Å². The maximum atomic E-state index is 12.9. The number of rotatable bonds is 5. The fourth-order valence-electron chi connectivity index (χ4n) is 3.91. The highest BCUT2D eigenvalue weighted by Gasteiger charge is 2.44. The minimum Gasteiger partial charge on any atom is -0.497 e. The second-order valence-corrected chi connectivity index (χ2v) is 9.28. The highest BCUT2D eigenvalue weighted by Crippen LogP contribution is 2.28. The number of hydrogen-bond donors (Lipinski definition) is 0. The van der Waals surface area contributed by atoms with Crippen molar-refractivity contribution in [3.05, 3.63) is 59.9 Å². The molecule has 1 aromatic heterocycles. The van der Waals surface area contributed by atoms with Crippen LogP contribution < -0.4 is 4.74 Å². The van der Waals surface area contributed by atoms with Gasteiger partial charge in [0.15, 0.2) is 0 Å². The van der Waals surface area contributed by atoms with Gasteiger partial charge in [0.25, 0.3) is 0 Å². The van der Waals surface area contributed by atoms with Crippen molar-refractivity contribution in [2.75, 3.05) is 32.6 Å². The fourth-order valence-corrected chi connectivity index (χ4v) is 5.41. The minimum atomic E-state index is -3.39. The zero-order valence-electron chi connectivity index (χ0n) is 15.9. The lowest BCUT2D eigenvalue weighted by Gasteiger charge is -2.28. The molecule has 2 aliphatic rings. The molecule has 0 saturated carbocycles. The molecule has 150 valence electrons. The van der Waals surface area contributed by atoms with Gasteiger partial charge in [0.1, 0.15) is 5.75 Å². The highest BCUT2D eigenvalue weighted by molar-refractivity contribution is 7.89. The standard InChI is InChI=1S/C20H25N3O4S/c1-26-18-6-4-16(5-7-18)13-23-19-14-22(12-17-3-2-8-21-11-17)15-20(19)27-9-10-28(23,24)25/h2-8,11,19-20H,9-10,12-15H2,1H3/t19-,20+/m1/s1.